The molecule has 0 amide bonds. The molecule has 2 aromatic rings. The molecule has 2 rings (SSSR count). The van der Waals surface area contributed by atoms with Gasteiger partial charge in [0.1, 0.15) is 11.6 Å². The first-order chi connectivity index (χ1) is 11.6. The molecule has 0 unspecified atom stereocenters. The van der Waals surface area contributed by atoms with Gasteiger partial charge in [-0.25, -0.2) is 21.9 Å². The van der Waals surface area contributed by atoms with Gasteiger partial charge < -0.3 is 9.80 Å². The highest BCUT2D eigenvalue weighted by atomic mass is 32.2. The van der Waals surface area contributed by atoms with Crippen LogP contribution in [0.3, 0.4) is 0 Å². The lowest BCUT2D eigenvalue weighted by Gasteiger charge is -2.16. The summed E-state index contributed by atoms with van der Waals surface area (Å²) in [6.45, 7) is -0.347. The Balaban J connectivity index is 2.31. The molecule has 136 valence electrons. The number of hydrogen-bond donors (Lipinski definition) is 1. The van der Waals surface area contributed by atoms with Crippen molar-refractivity contribution < 1.29 is 17.2 Å². The quantitative estimate of drug-likeness (QED) is 0.800. The van der Waals surface area contributed by atoms with E-state index in [0.717, 1.165) is 18.2 Å². The van der Waals surface area contributed by atoms with E-state index in [2.05, 4.69) is 19.7 Å². The van der Waals surface area contributed by atoms with Crippen LogP contribution in [0, 0.1) is 11.6 Å². The Bertz CT molecular complexity index is 827. The van der Waals surface area contributed by atoms with Gasteiger partial charge in [-0.05, 0) is 12.1 Å². The average Bonchev–Trinajstić information content (AvgIpc) is 2.52. The number of rotatable bonds is 6. The van der Waals surface area contributed by atoms with E-state index in [4.69, 9.17) is 0 Å². The predicted molar refractivity (Wildman–Crippen MR) is 88.9 cm³/mol. The predicted octanol–water partition coefficient (Wildman–Crippen LogP) is 0.760. The van der Waals surface area contributed by atoms with E-state index in [0.29, 0.717) is 11.9 Å². The second-order valence-corrected chi connectivity index (χ2v) is 7.22. The number of hydrogen-bond acceptors (Lipinski definition) is 7. The fourth-order valence-electron chi connectivity index (χ4n) is 1.85. The summed E-state index contributed by atoms with van der Waals surface area (Å²) in [6.07, 6.45) is 0. The van der Waals surface area contributed by atoms with Crippen molar-refractivity contribution in [3.05, 3.63) is 35.7 Å². The molecule has 0 saturated heterocycles. The van der Waals surface area contributed by atoms with Crippen LogP contribution >= 0.6 is 0 Å². The summed E-state index contributed by atoms with van der Waals surface area (Å²) in [4.78, 5) is 14.7. The smallest absolute Gasteiger partial charge is 0.246 e. The largest absolute Gasteiger partial charge is 0.347 e. The standard InChI is InChI=1S/C14H18F2N6O2S/c1-21(2)13-18-11(19-14(20-13)22(3)4)8-17-25(23,24)12-9(15)6-5-7-10(12)16/h5-7,17H,8H2,1-4H3. The van der Waals surface area contributed by atoms with Gasteiger partial charge in [0.05, 0.1) is 6.54 Å². The number of nitrogens with one attached hydrogen (secondary N) is 1. The maximum Gasteiger partial charge on any atom is 0.246 e. The molecule has 0 saturated carbocycles. The van der Waals surface area contributed by atoms with Gasteiger partial charge in [-0.2, -0.15) is 15.0 Å². The van der Waals surface area contributed by atoms with E-state index in [9.17, 15) is 17.2 Å². The van der Waals surface area contributed by atoms with E-state index < -0.39 is 26.6 Å². The van der Waals surface area contributed by atoms with Gasteiger partial charge in [0.25, 0.3) is 0 Å². The number of sulfonamides is 1. The summed E-state index contributed by atoms with van der Waals surface area (Å²) in [5.41, 5.74) is 0. The number of anilines is 2. The zero-order valence-corrected chi connectivity index (χ0v) is 15.0. The molecule has 0 fully saturated rings. The van der Waals surface area contributed by atoms with Crippen molar-refractivity contribution in [3.8, 4) is 0 Å². The highest BCUT2D eigenvalue weighted by molar-refractivity contribution is 7.89. The Morgan fingerprint density at radius 2 is 1.44 bits per heavy atom. The zero-order chi connectivity index (χ0) is 18.8. The fraction of sp³-hybridized carbons (Fsp3) is 0.357. The van der Waals surface area contributed by atoms with Crippen LogP contribution < -0.4 is 14.5 Å². The number of nitrogens with zero attached hydrogens (tertiary/aromatic N) is 5. The van der Waals surface area contributed by atoms with Crippen LogP contribution in [-0.4, -0.2) is 51.6 Å². The first-order valence-corrected chi connectivity index (χ1v) is 8.63. The summed E-state index contributed by atoms with van der Waals surface area (Å²) in [5, 5.41) is 0. The molecule has 11 heteroatoms. The lowest BCUT2D eigenvalue weighted by molar-refractivity contribution is 0.513. The lowest BCUT2D eigenvalue weighted by atomic mass is 10.3. The van der Waals surface area contributed by atoms with Gasteiger partial charge in [0.15, 0.2) is 10.7 Å². The molecule has 0 spiro atoms. The van der Waals surface area contributed by atoms with Gasteiger partial charge in [0, 0.05) is 28.2 Å². The molecule has 1 N–H and O–H groups in total. The second-order valence-electron chi connectivity index (χ2n) is 5.52. The van der Waals surface area contributed by atoms with E-state index in [1.54, 1.807) is 38.0 Å². The monoisotopic (exact) mass is 372 g/mol. The van der Waals surface area contributed by atoms with Crippen molar-refractivity contribution in [1.29, 1.82) is 0 Å². The van der Waals surface area contributed by atoms with Crippen LogP contribution in [0.5, 0.6) is 0 Å². The molecule has 1 aromatic carbocycles. The normalized spacial score (nSPS) is 11.4. The topological polar surface area (TPSA) is 91.3 Å². The Morgan fingerprint density at radius 1 is 0.960 bits per heavy atom. The minimum absolute atomic E-state index is 0.114. The van der Waals surface area contributed by atoms with E-state index >= 15 is 0 Å². The van der Waals surface area contributed by atoms with Crippen LogP contribution in [0.25, 0.3) is 0 Å². The molecule has 8 nitrogen and oxygen atoms in total. The summed E-state index contributed by atoms with van der Waals surface area (Å²) in [6, 6.07) is 2.83. The minimum atomic E-state index is -4.41. The van der Waals surface area contributed by atoms with Crippen molar-refractivity contribution in [2.75, 3.05) is 38.0 Å². The van der Waals surface area contributed by atoms with Crippen LogP contribution in [0.1, 0.15) is 5.82 Å². The molecule has 0 bridgehead atoms. The van der Waals surface area contributed by atoms with E-state index in [1.165, 1.54) is 0 Å². The molecule has 0 aliphatic carbocycles. The third-order valence-corrected chi connectivity index (χ3v) is 4.52. The third kappa shape index (κ3) is 4.37. The third-order valence-electron chi connectivity index (χ3n) is 3.07. The summed E-state index contributed by atoms with van der Waals surface area (Å²) < 4.78 is 53.9. The molecule has 0 radical (unpaired) electrons. The summed E-state index contributed by atoms with van der Waals surface area (Å²) in [5.74, 6) is -1.59. The van der Waals surface area contributed by atoms with Crippen LogP contribution in [0.2, 0.25) is 0 Å². The van der Waals surface area contributed by atoms with Gasteiger partial charge in [-0.1, -0.05) is 6.07 Å². The Kier molecular flexibility index (Phi) is 5.48. The number of benzene rings is 1. The molecule has 0 aliphatic rings. The number of halogens is 2. The fourth-order valence-corrected chi connectivity index (χ4v) is 2.96. The van der Waals surface area contributed by atoms with Crippen molar-refractivity contribution in [1.82, 2.24) is 19.7 Å². The Morgan fingerprint density at radius 3 is 1.88 bits per heavy atom. The Labute approximate surface area is 144 Å². The average molecular weight is 372 g/mol. The van der Waals surface area contributed by atoms with E-state index in [-0.39, 0.29) is 12.4 Å². The van der Waals surface area contributed by atoms with Crippen LogP contribution in [0.4, 0.5) is 20.7 Å². The molecule has 0 aliphatic heterocycles. The van der Waals surface area contributed by atoms with Gasteiger partial charge in [-0.15, -0.1) is 0 Å². The molecule has 0 atom stereocenters. The number of aromatic nitrogens is 3. The highest BCUT2D eigenvalue weighted by Crippen LogP contribution is 2.18. The van der Waals surface area contributed by atoms with Crippen molar-refractivity contribution >= 4 is 21.9 Å². The van der Waals surface area contributed by atoms with Gasteiger partial charge in [0.2, 0.25) is 21.9 Å². The first kappa shape index (κ1) is 18.9. The maximum atomic E-state index is 13.7. The Hall–Kier alpha value is -2.40. The maximum absolute atomic E-state index is 13.7. The summed E-state index contributed by atoms with van der Waals surface area (Å²) in [7, 11) is 2.47. The SMILES string of the molecule is CN(C)c1nc(CNS(=O)(=O)c2c(F)cccc2F)nc(N(C)C)n1. The zero-order valence-electron chi connectivity index (χ0n) is 14.2. The first-order valence-electron chi connectivity index (χ1n) is 7.15. The van der Waals surface area contributed by atoms with E-state index in [1.807, 2.05) is 0 Å². The van der Waals surface area contributed by atoms with Crippen molar-refractivity contribution in [2.45, 2.75) is 11.4 Å². The minimum Gasteiger partial charge on any atom is -0.347 e. The van der Waals surface area contributed by atoms with Crippen molar-refractivity contribution in [2.24, 2.45) is 0 Å². The molecule has 1 heterocycles. The van der Waals surface area contributed by atoms with Gasteiger partial charge >= 0.3 is 0 Å². The van der Waals surface area contributed by atoms with Crippen molar-refractivity contribution in [3.63, 3.8) is 0 Å². The molecular weight excluding hydrogens is 354 g/mol. The molecular formula is C14H18F2N6O2S. The molecule has 25 heavy (non-hydrogen) atoms. The van der Waals surface area contributed by atoms with Gasteiger partial charge in [-0.3, -0.25) is 0 Å². The van der Waals surface area contributed by atoms with Crippen LogP contribution in [-0.2, 0) is 16.6 Å². The second kappa shape index (κ2) is 7.23. The molecule has 1 aromatic heterocycles. The van der Waals surface area contributed by atoms with Crippen LogP contribution in [0.15, 0.2) is 23.1 Å². The lowest BCUT2D eigenvalue weighted by Crippen LogP contribution is -2.27. The summed E-state index contributed by atoms with van der Waals surface area (Å²) >= 11 is 0. The highest BCUT2D eigenvalue weighted by Gasteiger charge is 2.24.